The number of aromatic carboxylic acids is 1. The zero-order valence-corrected chi connectivity index (χ0v) is 18.1. The van der Waals surface area contributed by atoms with Crippen molar-refractivity contribution in [3.8, 4) is 17.3 Å². The van der Waals surface area contributed by atoms with Crippen LogP contribution in [0.1, 0.15) is 15.9 Å². The molecule has 0 unspecified atom stereocenters. The number of para-hydroxylation sites is 1. The Morgan fingerprint density at radius 3 is 2.52 bits per heavy atom. The van der Waals surface area contributed by atoms with Gasteiger partial charge in [0.05, 0.1) is 23.7 Å². The minimum Gasteiger partial charge on any atom is -0.494 e. The largest absolute Gasteiger partial charge is 0.494 e. The number of pyridine rings is 1. The topological polar surface area (TPSA) is 115 Å². The van der Waals surface area contributed by atoms with E-state index in [4.69, 9.17) is 4.74 Å². The average Bonchev–Trinajstić information content (AvgIpc) is 3.12. The van der Waals surface area contributed by atoms with Crippen LogP contribution in [0, 0.1) is 6.92 Å². The summed E-state index contributed by atoms with van der Waals surface area (Å²) in [4.78, 5) is 21.1. The van der Waals surface area contributed by atoms with E-state index in [0.29, 0.717) is 16.7 Å². The molecule has 10 heteroatoms. The lowest BCUT2D eigenvalue weighted by Crippen LogP contribution is -2.29. The van der Waals surface area contributed by atoms with Crippen LogP contribution in [0.3, 0.4) is 0 Å². The van der Waals surface area contributed by atoms with Crippen LogP contribution in [0.2, 0.25) is 0 Å². The van der Waals surface area contributed by atoms with Crippen molar-refractivity contribution >= 4 is 38.1 Å². The van der Waals surface area contributed by atoms with Gasteiger partial charge in [-0.3, -0.25) is 0 Å². The van der Waals surface area contributed by atoms with Crippen LogP contribution >= 0.6 is 0 Å². The van der Waals surface area contributed by atoms with Gasteiger partial charge in [0.15, 0.2) is 5.82 Å². The molecule has 0 saturated heterocycles. The third kappa shape index (κ3) is 3.29. The number of hydrogen-bond acceptors (Lipinski definition) is 6. The highest BCUT2D eigenvalue weighted by atomic mass is 32.2. The lowest BCUT2D eigenvalue weighted by Gasteiger charge is -2.16. The quantitative estimate of drug-likeness (QED) is 0.507. The van der Waals surface area contributed by atoms with Crippen LogP contribution in [-0.4, -0.2) is 58.9 Å². The van der Waals surface area contributed by atoms with Crippen LogP contribution in [-0.2, 0) is 10.2 Å². The monoisotopic (exact) mass is 440 g/mol. The molecule has 0 spiro atoms. The first-order valence-electron chi connectivity index (χ1n) is 9.28. The Kier molecular flexibility index (Phi) is 4.91. The van der Waals surface area contributed by atoms with Crippen molar-refractivity contribution in [2.24, 2.45) is 0 Å². The number of carboxylic acid groups (broad SMARTS) is 1. The van der Waals surface area contributed by atoms with Crippen molar-refractivity contribution < 1.29 is 23.1 Å². The SMILES string of the molecule is COc1cccc2c1nc(-c1nc3ccc(C)cc3cc1C(=O)O)n2S(=O)(=O)N(C)C. The number of imidazole rings is 1. The fourth-order valence-corrected chi connectivity index (χ4v) is 4.46. The van der Waals surface area contributed by atoms with E-state index in [1.54, 1.807) is 24.3 Å². The van der Waals surface area contributed by atoms with Crippen molar-refractivity contribution in [1.29, 1.82) is 0 Å². The van der Waals surface area contributed by atoms with E-state index in [9.17, 15) is 18.3 Å². The third-order valence-corrected chi connectivity index (χ3v) is 6.69. The van der Waals surface area contributed by atoms with E-state index in [-0.39, 0.29) is 28.1 Å². The molecule has 4 aromatic rings. The van der Waals surface area contributed by atoms with Crippen LogP contribution in [0.15, 0.2) is 42.5 Å². The van der Waals surface area contributed by atoms with Crippen molar-refractivity contribution in [2.45, 2.75) is 6.92 Å². The van der Waals surface area contributed by atoms with Crippen molar-refractivity contribution in [2.75, 3.05) is 21.2 Å². The molecule has 0 fully saturated rings. The fraction of sp³-hybridized carbons (Fsp3) is 0.190. The molecule has 0 aliphatic heterocycles. The Labute approximate surface area is 178 Å². The van der Waals surface area contributed by atoms with Gasteiger partial charge in [-0.15, -0.1) is 0 Å². The number of benzene rings is 2. The Hall–Kier alpha value is -3.50. The smallest absolute Gasteiger partial charge is 0.338 e. The van der Waals surface area contributed by atoms with Crippen molar-refractivity contribution in [1.82, 2.24) is 18.2 Å². The van der Waals surface area contributed by atoms with E-state index in [1.807, 2.05) is 19.1 Å². The van der Waals surface area contributed by atoms with Gasteiger partial charge in [0.1, 0.15) is 17.0 Å². The second-order valence-corrected chi connectivity index (χ2v) is 9.19. The first kappa shape index (κ1) is 20.8. The summed E-state index contributed by atoms with van der Waals surface area (Å²) in [5.74, 6) is -0.980. The zero-order valence-electron chi connectivity index (χ0n) is 17.3. The zero-order chi connectivity index (χ0) is 22.5. The van der Waals surface area contributed by atoms with Gasteiger partial charge in [-0.2, -0.15) is 12.7 Å². The van der Waals surface area contributed by atoms with Gasteiger partial charge < -0.3 is 9.84 Å². The number of carbonyl (C=O) groups is 1. The normalized spacial score (nSPS) is 12.0. The number of rotatable bonds is 5. The molecule has 9 nitrogen and oxygen atoms in total. The molecule has 160 valence electrons. The summed E-state index contributed by atoms with van der Waals surface area (Å²) in [6.07, 6.45) is 0. The summed E-state index contributed by atoms with van der Waals surface area (Å²) >= 11 is 0. The predicted octanol–water partition coefficient (Wildman–Crippen LogP) is 2.92. The summed E-state index contributed by atoms with van der Waals surface area (Å²) < 4.78 is 33.8. The van der Waals surface area contributed by atoms with Gasteiger partial charge in [-0.25, -0.2) is 18.7 Å². The molecule has 0 aliphatic carbocycles. The molecule has 31 heavy (non-hydrogen) atoms. The molecule has 1 N–H and O–H groups in total. The van der Waals surface area contributed by atoms with Crippen molar-refractivity contribution in [3.63, 3.8) is 0 Å². The molecule has 0 bridgehead atoms. The first-order valence-corrected chi connectivity index (χ1v) is 10.7. The second kappa shape index (κ2) is 7.33. The van der Waals surface area contributed by atoms with Crippen LogP contribution < -0.4 is 4.74 Å². The fourth-order valence-electron chi connectivity index (χ4n) is 3.39. The van der Waals surface area contributed by atoms with Crippen molar-refractivity contribution in [3.05, 3.63) is 53.6 Å². The van der Waals surface area contributed by atoms with Crippen LogP contribution in [0.25, 0.3) is 33.5 Å². The maximum atomic E-state index is 13.2. The molecule has 0 atom stereocenters. The van der Waals surface area contributed by atoms with E-state index in [2.05, 4.69) is 9.97 Å². The summed E-state index contributed by atoms with van der Waals surface area (Å²) in [5, 5.41) is 10.5. The van der Waals surface area contributed by atoms with E-state index in [1.165, 1.54) is 27.3 Å². The molecule has 0 amide bonds. The first-order chi connectivity index (χ1) is 14.6. The Morgan fingerprint density at radius 2 is 1.87 bits per heavy atom. The van der Waals surface area contributed by atoms with E-state index < -0.39 is 16.2 Å². The summed E-state index contributed by atoms with van der Waals surface area (Å²) in [6, 6.07) is 11.8. The molecule has 0 saturated carbocycles. The van der Waals surface area contributed by atoms with Gasteiger partial charge in [-0.05, 0) is 37.3 Å². The maximum absolute atomic E-state index is 13.2. The number of methoxy groups -OCH3 is 1. The molecule has 4 rings (SSSR count). The molecule has 2 aromatic carbocycles. The minimum atomic E-state index is -4.07. The highest BCUT2D eigenvalue weighted by Crippen LogP contribution is 2.34. The maximum Gasteiger partial charge on any atom is 0.338 e. The van der Waals surface area contributed by atoms with E-state index >= 15 is 0 Å². The number of hydrogen-bond donors (Lipinski definition) is 1. The number of carboxylic acids is 1. The van der Waals surface area contributed by atoms with Gasteiger partial charge >= 0.3 is 16.2 Å². The number of aryl methyl sites for hydroxylation is 1. The average molecular weight is 440 g/mol. The second-order valence-electron chi connectivity index (χ2n) is 7.20. The van der Waals surface area contributed by atoms with Crippen LogP contribution in [0.4, 0.5) is 0 Å². The molecule has 2 heterocycles. The summed E-state index contributed by atoms with van der Waals surface area (Å²) in [5.41, 5.74) is 1.82. The van der Waals surface area contributed by atoms with Crippen LogP contribution in [0.5, 0.6) is 5.75 Å². The highest BCUT2D eigenvalue weighted by molar-refractivity contribution is 7.87. The van der Waals surface area contributed by atoms with Gasteiger partial charge in [0, 0.05) is 19.5 Å². The Balaban J connectivity index is 2.18. The Morgan fingerprint density at radius 1 is 1.13 bits per heavy atom. The number of aromatic nitrogens is 3. The van der Waals surface area contributed by atoms with Gasteiger partial charge in [0.2, 0.25) is 0 Å². The Bertz CT molecular complexity index is 1460. The third-order valence-electron chi connectivity index (χ3n) is 4.93. The number of fused-ring (bicyclic) bond motifs is 2. The van der Waals surface area contributed by atoms with E-state index in [0.717, 1.165) is 13.8 Å². The molecule has 0 aliphatic rings. The lowest BCUT2D eigenvalue weighted by atomic mass is 10.1. The minimum absolute atomic E-state index is 0.0486. The predicted molar refractivity (Wildman–Crippen MR) is 117 cm³/mol. The molecular formula is C21H20N4O5S. The molecule has 2 aromatic heterocycles. The summed E-state index contributed by atoms with van der Waals surface area (Å²) in [6.45, 7) is 1.89. The lowest BCUT2D eigenvalue weighted by molar-refractivity contribution is 0.0697. The molecule has 0 radical (unpaired) electrons. The van der Waals surface area contributed by atoms with Gasteiger partial charge in [-0.1, -0.05) is 17.7 Å². The summed E-state index contributed by atoms with van der Waals surface area (Å²) in [7, 11) is 0.162. The highest BCUT2D eigenvalue weighted by Gasteiger charge is 2.29. The van der Waals surface area contributed by atoms with Gasteiger partial charge in [0.25, 0.3) is 0 Å². The molecular weight excluding hydrogens is 420 g/mol. The number of ether oxygens (including phenoxy) is 1. The standard InChI is InChI=1S/C21H20N4O5S/c1-12-8-9-15-13(10-12)11-14(21(26)27)18(22-15)20-23-19-16(6-5-7-17(19)30-4)25(20)31(28,29)24(2)3/h5-11H,1-4H3,(H,26,27). The number of nitrogens with zero attached hydrogens (tertiary/aromatic N) is 4.